The molecule has 0 bridgehead atoms. The van der Waals surface area contributed by atoms with Gasteiger partial charge in [0.2, 0.25) is 17.6 Å². The fraction of sp³-hybridized carbons (Fsp3) is 0.395. The highest BCUT2D eigenvalue weighted by Gasteiger charge is 2.30. The van der Waals surface area contributed by atoms with Crippen LogP contribution in [-0.4, -0.2) is 84.2 Å². The van der Waals surface area contributed by atoms with E-state index in [0.29, 0.717) is 6.42 Å². The van der Waals surface area contributed by atoms with Gasteiger partial charge in [-0.2, -0.15) is 4.79 Å². The number of Topliss-reactive ketones (excluding diaryl/α,β-unsaturated/α-hetero) is 1. The Hall–Kier alpha value is -5.16. The number of ketones is 1. The molecule has 3 atom stereocenters. The fourth-order valence-electron chi connectivity index (χ4n) is 6.23. The second-order valence-corrected chi connectivity index (χ2v) is 12.8. The third kappa shape index (κ3) is 10.9. The van der Waals surface area contributed by atoms with Gasteiger partial charge in [0.15, 0.2) is 0 Å². The van der Waals surface area contributed by atoms with Crippen LogP contribution in [0.3, 0.4) is 0 Å². The molecule has 264 valence electrons. The van der Waals surface area contributed by atoms with Crippen molar-refractivity contribution in [2.45, 2.75) is 63.6 Å². The van der Waals surface area contributed by atoms with Crippen molar-refractivity contribution >= 4 is 29.9 Å². The molecular formula is C38H46N6O6. The summed E-state index contributed by atoms with van der Waals surface area (Å²) < 4.78 is 5.78. The Morgan fingerprint density at radius 2 is 1.52 bits per heavy atom. The van der Waals surface area contributed by atoms with E-state index in [2.05, 4.69) is 50.3 Å². The molecule has 0 aliphatic heterocycles. The highest BCUT2D eigenvalue weighted by atomic mass is 16.5. The van der Waals surface area contributed by atoms with Crippen LogP contribution in [-0.2, 0) is 25.5 Å². The van der Waals surface area contributed by atoms with Crippen LogP contribution in [0.5, 0.6) is 0 Å². The van der Waals surface area contributed by atoms with Crippen molar-refractivity contribution in [2.24, 2.45) is 5.92 Å². The van der Waals surface area contributed by atoms with Crippen molar-refractivity contribution in [2.75, 3.05) is 26.3 Å². The standard InChI is InChI=1S/C38H46N6O6/c1-25(2)20-27(43-38(49)50-24-33-31-14-8-6-12-29(31)30-13-7-9-15-32(30)33)22-41-34(17-16-28(46)23-42-39)37(48)44-35(36(47)40-18-19-45)21-26-10-4-3-5-11-26/h3-15,23,25,27,33-35,41,45H,16-22,24H2,1-2H3,(H,40,47)(H,43,49)(H,44,48)/t27-,34-,35-/m0/s1. The van der Waals surface area contributed by atoms with Crippen molar-refractivity contribution in [1.29, 1.82) is 0 Å². The Morgan fingerprint density at radius 1 is 0.880 bits per heavy atom. The number of rotatable bonds is 19. The Balaban J connectivity index is 1.43. The number of benzene rings is 3. The van der Waals surface area contributed by atoms with E-state index in [4.69, 9.17) is 10.3 Å². The molecule has 3 amide bonds. The van der Waals surface area contributed by atoms with E-state index in [0.717, 1.165) is 34.0 Å². The SMILES string of the molecule is CC(C)C[C@@H](CN[C@@H](CCC(=O)C=[N+]=[N-])C(=O)N[C@@H](Cc1ccccc1)C(=O)NCCO)NC(=O)OCC1c2ccccc2-c2ccccc21. The van der Waals surface area contributed by atoms with E-state index < -0.39 is 41.8 Å². The molecule has 12 nitrogen and oxygen atoms in total. The van der Waals surface area contributed by atoms with Crippen molar-refractivity contribution < 1.29 is 33.8 Å². The zero-order valence-electron chi connectivity index (χ0n) is 28.5. The largest absolute Gasteiger partial charge is 0.449 e. The van der Waals surface area contributed by atoms with Gasteiger partial charge in [-0.3, -0.25) is 14.4 Å². The van der Waals surface area contributed by atoms with Gasteiger partial charge >= 0.3 is 12.3 Å². The minimum absolute atomic E-state index is 0.0229. The molecule has 0 spiro atoms. The maximum atomic E-state index is 13.7. The van der Waals surface area contributed by atoms with Crippen LogP contribution in [0.1, 0.15) is 55.7 Å². The van der Waals surface area contributed by atoms with E-state index >= 15 is 0 Å². The van der Waals surface area contributed by atoms with Gasteiger partial charge in [0.05, 0.1) is 12.6 Å². The number of amides is 3. The van der Waals surface area contributed by atoms with E-state index in [1.165, 1.54) is 0 Å². The van der Waals surface area contributed by atoms with Crippen LogP contribution < -0.4 is 21.3 Å². The predicted molar refractivity (Wildman–Crippen MR) is 189 cm³/mol. The lowest BCUT2D eigenvalue weighted by Gasteiger charge is -2.26. The summed E-state index contributed by atoms with van der Waals surface area (Å²) in [4.78, 5) is 54.8. The number of nitrogens with zero attached hydrogens (tertiary/aromatic N) is 2. The third-order valence-electron chi connectivity index (χ3n) is 8.56. The van der Waals surface area contributed by atoms with Gasteiger partial charge in [-0.05, 0) is 46.6 Å². The minimum Gasteiger partial charge on any atom is -0.449 e. The molecule has 0 radical (unpaired) electrons. The zero-order chi connectivity index (χ0) is 35.9. The van der Waals surface area contributed by atoms with Crippen molar-refractivity contribution in [1.82, 2.24) is 21.3 Å². The molecular weight excluding hydrogens is 636 g/mol. The monoisotopic (exact) mass is 682 g/mol. The molecule has 3 aromatic rings. The van der Waals surface area contributed by atoms with Gasteiger partial charge in [0.25, 0.3) is 0 Å². The molecule has 0 saturated carbocycles. The van der Waals surface area contributed by atoms with Crippen LogP contribution in [0.15, 0.2) is 78.9 Å². The lowest BCUT2D eigenvalue weighted by Crippen LogP contribution is -2.55. The molecule has 0 unspecified atom stereocenters. The first-order valence-electron chi connectivity index (χ1n) is 17.0. The Kier molecular flexibility index (Phi) is 14.4. The fourth-order valence-corrected chi connectivity index (χ4v) is 6.23. The van der Waals surface area contributed by atoms with Crippen LogP contribution in [0.4, 0.5) is 4.79 Å². The number of hydrogen-bond donors (Lipinski definition) is 5. The first kappa shape index (κ1) is 37.7. The highest BCUT2D eigenvalue weighted by molar-refractivity contribution is 6.25. The zero-order valence-corrected chi connectivity index (χ0v) is 28.5. The topological polar surface area (TPSA) is 182 Å². The van der Waals surface area contributed by atoms with Crippen molar-refractivity contribution in [3.8, 4) is 11.1 Å². The van der Waals surface area contributed by atoms with Crippen molar-refractivity contribution in [3.63, 3.8) is 0 Å². The third-order valence-corrected chi connectivity index (χ3v) is 8.56. The number of fused-ring (bicyclic) bond motifs is 3. The first-order valence-corrected chi connectivity index (χ1v) is 17.0. The summed E-state index contributed by atoms with van der Waals surface area (Å²) in [7, 11) is 0. The summed E-state index contributed by atoms with van der Waals surface area (Å²) in [6.07, 6.45) is 0.887. The highest BCUT2D eigenvalue weighted by Crippen LogP contribution is 2.44. The van der Waals surface area contributed by atoms with E-state index in [1.54, 1.807) is 0 Å². The molecule has 12 heteroatoms. The molecule has 3 aromatic carbocycles. The quantitative estimate of drug-likeness (QED) is 0.0730. The summed E-state index contributed by atoms with van der Waals surface area (Å²) in [5.41, 5.74) is 14.1. The van der Waals surface area contributed by atoms with Gasteiger partial charge in [0.1, 0.15) is 12.6 Å². The van der Waals surface area contributed by atoms with Gasteiger partial charge in [-0.15, -0.1) is 0 Å². The lowest BCUT2D eigenvalue weighted by atomic mass is 9.98. The number of carbonyl (C=O) groups is 4. The number of ether oxygens (including phenoxy) is 1. The second-order valence-electron chi connectivity index (χ2n) is 12.8. The van der Waals surface area contributed by atoms with Gasteiger partial charge in [-0.1, -0.05) is 92.7 Å². The molecule has 0 saturated heterocycles. The van der Waals surface area contributed by atoms with Crippen LogP contribution in [0.25, 0.3) is 16.7 Å². The maximum Gasteiger partial charge on any atom is 0.407 e. The Bertz CT molecular complexity index is 1610. The molecule has 0 aromatic heterocycles. The van der Waals surface area contributed by atoms with E-state index in [1.807, 2.05) is 68.4 Å². The molecule has 0 heterocycles. The second kappa shape index (κ2) is 19.1. The first-order chi connectivity index (χ1) is 24.2. The minimum atomic E-state index is -0.958. The Labute approximate surface area is 292 Å². The molecule has 1 aliphatic carbocycles. The van der Waals surface area contributed by atoms with Crippen LogP contribution in [0.2, 0.25) is 0 Å². The smallest absolute Gasteiger partial charge is 0.407 e. The molecule has 1 aliphatic rings. The molecule has 50 heavy (non-hydrogen) atoms. The summed E-state index contributed by atoms with van der Waals surface area (Å²) in [6, 6.07) is 23.1. The number of nitrogens with one attached hydrogen (secondary N) is 4. The number of carbonyl (C=O) groups excluding carboxylic acids is 4. The summed E-state index contributed by atoms with van der Waals surface area (Å²) >= 11 is 0. The maximum absolute atomic E-state index is 13.7. The van der Waals surface area contributed by atoms with Crippen molar-refractivity contribution in [3.05, 3.63) is 101 Å². The summed E-state index contributed by atoms with van der Waals surface area (Å²) in [6.45, 7) is 4.12. The predicted octanol–water partition coefficient (Wildman–Crippen LogP) is 3.38. The van der Waals surface area contributed by atoms with E-state index in [9.17, 15) is 24.3 Å². The van der Waals surface area contributed by atoms with Crippen LogP contribution >= 0.6 is 0 Å². The normalized spacial score (nSPS) is 13.6. The number of hydrogen-bond acceptors (Lipinski definition) is 7. The summed E-state index contributed by atoms with van der Waals surface area (Å²) in [5, 5.41) is 20.8. The Morgan fingerprint density at radius 3 is 2.14 bits per heavy atom. The summed E-state index contributed by atoms with van der Waals surface area (Å²) in [5.74, 6) is -1.38. The molecule has 0 fully saturated rings. The molecule has 5 N–H and O–H groups in total. The lowest BCUT2D eigenvalue weighted by molar-refractivity contribution is -0.130. The van der Waals surface area contributed by atoms with Gasteiger partial charge < -0.3 is 36.6 Å². The number of aliphatic hydroxyl groups is 1. The van der Waals surface area contributed by atoms with E-state index in [-0.39, 0.29) is 57.4 Å². The molecule has 4 rings (SSSR count). The average molecular weight is 683 g/mol. The number of alkyl carbamates (subject to hydrolysis) is 1. The average Bonchev–Trinajstić information content (AvgIpc) is 3.43. The van der Waals surface area contributed by atoms with Gasteiger partial charge in [-0.25, -0.2) is 4.79 Å². The van der Waals surface area contributed by atoms with Crippen LogP contribution in [0, 0.1) is 5.92 Å². The number of aliphatic hydroxyl groups excluding tert-OH is 1. The van der Waals surface area contributed by atoms with Gasteiger partial charge in [0, 0.05) is 37.9 Å².